The molecular weight excluding hydrogens is 208 g/mol. The van der Waals surface area contributed by atoms with Gasteiger partial charge < -0.3 is 0 Å². The molecule has 0 bridgehead atoms. The quantitative estimate of drug-likeness (QED) is 0.699. The Morgan fingerprint density at radius 1 is 0.941 bits per heavy atom. The molecule has 86 valence electrons. The first-order valence-electron chi connectivity index (χ1n) is 5.77. The summed E-state index contributed by atoms with van der Waals surface area (Å²) in [5.41, 5.74) is 5.50. The fourth-order valence-electron chi connectivity index (χ4n) is 2.12. The molecule has 0 fully saturated rings. The fraction of sp³-hybridized carbons (Fsp3) is 0.188. The summed E-state index contributed by atoms with van der Waals surface area (Å²) in [5, 5.41) is 0. The maximum atomic E-state index is 11.4. The van der Waals surface area contributed by atoms with Crippen LogP contribution in [0.3, 0.4) is 0 Å². The van der Waals surface area contributed by atoms with Crippen LogP contribution in [0.2, 0.25) is 0 Å². The van der Waals surface area contributed by atoms with Crippen LogP contribution in [0.1, 0.15) is 28.4 Å². The van der Waals surface area contributed by atoms with Gasteiger partial charge in [0.15, 0.2) is 5.78 Å². The van der Waals surface area contributed by atoms with Crippen LogP contribution >= 0.6 is 0 Å². The minimum atomic E-state index is 0.124. The second-order valence-electron chi connectivity index (χ2n) is 4.40. The lowest BCUT2D eigenvalue weighted by atomic mass is 9.96. The summed E-state index contributed by atoms with van der Waals surface area (Å²) in [6.07, 6.45) is 0. The van der Waals surface area contributed by atoms with E-state index in [-0.39, 0.29) is 5.78 Å². The molecule has 1 heteroatoms. The van der Waals surface area contributed by atoms with Crippen molar-refractivity contribution in [3.63, 3.8) is 0 Å². The number of hydrogen-bond donors (Lipinski definition) is 0. The molecule has 0 N–H and O–H groups in total. The molecular formula is C16H16O. The second-order valence-corrected chi connectivity index (χ2v) is 4.40. The number of ketones is 1. The van der Waals surface area contributed by atoms with Gasteiger partial charge >= 0.3 is 0 Å². The van der Waals surface area contributed by atoms with Gasteiger partial charge in [-0.05, 0) is 43.0 Å². The van der Waals surface area contributed by atoms with Gasteiger partial charge in [0.05, 0.1) is 0 Å². The van der Waals surface area contributed by atoms with E-state index in [4.69, 9.17) is 0 Å². The Bertz CT molecular complexity index is 567. The standard InChI is InChI=1S/C16H16O/c1-11-6-4-5-7-16(11)14-8-9-15(13(3)17)12(2)10-14/h4-10H,1-3H3. The molecule has 17 heavy (non-hydrogen) atoms. The number of hydrogen-bond acceptors (Lipinski definition) is 1. The van der Waals surface area contributed by atoms with Gasteiger partial charge in [-0.25, -0.2) is 0 Å². The lowest BCUT2D eigenvalue weighted by molar-refractivity contribution is 0.101. The SMILES string of the molecule is CC(=O)c1ccc(-c2ccccc2C)cc1C. The maximum absolute atomic E-state index is 11.4. The van der Waals surface area contributed by atoms with Gasteiger partial charge in [0.1, 0.15) is 0 Å². The van der Waals surface area contributed by atoms with E-state index in [1.165, 1.54) is 16.7 Å². The summed E-state index contributed by atoms with van der Waals surface area (Å²) in [4.78, 5) is 11.4. The minimum absolute atomic E-state index is 0.124. The fourth-order valence-corrected chi connectivity index (χ4v) is 2.12. The molecule has 2 aromatic carbocycles. The monoisotopic (exact) mass is 224 g/mol. The van der Waals surface area contributed by atoms with E-state index in [0.29, 0.717) is 0 Å². The molecule has 0 aliphatic heterocycles. The van der Waals surface area contributed by atoms with Crippen molar-refractivity contribution in [2.24, 2.45) is 0 Å². The third-order valence-electron chi connectivity index (χ3n) is 3.06. The molecule has 0 heterocycles. The number of Topliss-reactive ketones (excluding diaryl/α,β-unsaturated/α-hetero) is 1. The van der Waals surface area contributed by atoms with Crippen molar-refractivity contribution in [1.82, 2.24) is 0 Å². The highest BCUT2D eigenvalue weighted by Crippen LogP contribution is 2.25. The van der Waals surface area contributed by atoms with Crippen molar-refractivity contribution in [3.05, 3.63) is 59.2 Å². The van der Waals surface area contributed by atoms with Gasteiger partial charge in [-0.2, -0.15) is 0 Å². The van der Waals surface area contributed by atoms with E-state index in [2.05, 4.69) is 25.1 Å². The molecule has 0 spiro atoms. The van der Waals surface area contributed by atoms with Crippen molar-refractivity contribution in [3.8, 4) is 11.1 Å². The van der Waals surface area contributed by atoms with Crippen LogP contribution in [0, 0.1) is 13.8 Å². The minimum Gasteiger partial charge on any atom is -0.295 e. The summed E-state index contributed by atoms with van der Waals surface area (Å²) in [5.74, 6) is 0.124. The molecule has 0 unspecified atom stereocenters. The molecule has 0 aliphatic carbocycles. The molecule has 0 amide bonds. The molecule has 0 aromatic heterocycles. The first-order chi connectivity index (χ1) is 8.09. The van der Waals surface area contributed by atoms with Gasteiger partial charge in [0.25, 0.3) is 0 Å². The summed E-state index contributed by atoms with van der Waals surface area (Å²) in [7, 11) is 0. The highest BCUT2D eigenvalue weighted by atomic mass is 16.1. The average Bonchev–Trinajstić information content (AvgIpc) is 2.29. The third kappa shape index (κ3) is 2.28. The first-order valence-corrected chi connectivity index (χ1v) is 5.77. The van der Waals surface area contributed by atoms with E-state index in [0.717, 1.165) is 11.1 Å². The molecule has 2 rings (SSSR count). The largest absolute Gasteiger partial charge is 0.295 e. The van der Waals surface area contributed by atoms with Gasteiger partial charge in [0, 0.05) is 5.56 Å². The predicted octanol–water partition coefficient (Wildman–Crippen LogP) is 4.17. The Balaban J connectivity index is 2.52. The number of benzene rings is 2. The van der Waals surface area contributed by atoms with Crippen molar-refractivity contribution in [2.75, 3.05) is 0 Å². The number of carbonyl (C=O) groups is 1. The Hall–Kier alpha value is -1.89. The Labute approximate surface area is 102 Å². The average molecular weight is 224 g/mol. The predicted molar refractivity (Wildman–Crippen MR) is 71.4 cm³/mol. The van der Waals surface area contributed by atoms with E-state index in [9.17, 15) is 4.79 Å². The first kappa shape index (κ1) is 11.6. The van der Waals surface area contributed by atoms with E-state index < -0.39 is 0 Å². The maximum Gasteiger partial charge on any atom is 0.160 e. The third-order valence-corrected chi connectivity index (χ3v) is 3.06. The zero-order valence-corrected chi connectivity index (χ0v) is 10.4. The van der Waals surface area contributed by atoms with Crippen molar-refractivity contribution in [2.45, 2.75) is 20.8 Å². The van der Waals surface area contributed by atoms with Crippen molar-refractivity contribution in [1.29, 1.82) is 0 Å². The van der Waals surface area contributed by atoms with E-state index in [1.54, 1.807) is 6.92 Å². The van der Waals surface area contributed by atoms with Crippen molar-refractivity contribution >= 4 is 5.78 Å². The topological polar surface area (TPSA) is 17.1 Å². The summed E-state index contributed by atoms with van der Waals surface area (Å²) in [6.45, 7) is 5.69. The highest BCUT2D eigenvalue weighted by Gasteiger charge is 2.06. The number of rotatable bonds is 2. The van der Waals surface area contributed by atoms with E-state index in [1.807, 2.05) is 31.2 Å². The normalized spacial score (nSPS) is 10.3. The van der Waals surface area contributed by atoms with Gasteiger partial charge in [-0.15, -0.1) is 0 Å². The van der Waals surface area contributed by atoms with E-state index >= 15 is 0 Å². The van der Waals surface area contributed by atoms with Gasteiger partial charge in [0.2, 0.25) is 0 Å². The molecule has 0 radical (unpaired) electrons. The Kier molecular flexibility index (Phi) is 3.10. The van der Waals surface area contributed by atoms with Crippen LogP contribution in [0.4, 0.5) is 0 Å². The van der Waals surface area contributed by atoms with Gasteiger partial charge in [-0.3, -0.25) is 4.79 Å². The highest BCUT2D eigenvalue weighted by molar-refractivity contribution is 5.96. The molecule has 2 aromatic rings. The second kappa shape index (κ2) is 4.54. The number of aryl methyl sites for hydroxylation is 2. The molecule has 0 saturated carbocycles. The molecule has 0 aliphatic rings. The Morgan fingerprint density at radius 3 is 2.24 bits per heavy atom. The zero-order valence-electron chi connectivity index (χ0n) is 10.4. The van der Waals surface area contributed by atoms with Crippen LogP contribution in [0.5, 0.6) is 0 Å². The van der Waals surface area contributed by atoms with Crippen LogP contribution in [-0.4, -0.2) is 5.78 Å². The van der Waals surface area contributed by atoms with Crippen LogP contribution in [0.15, 0.2) is 42.5 Å². The lowest BCUT2D eigenvalue weighted by Gasteiger charge is -2.08. The van der Waals surface area contributed by atoms with Crippen molar-refractivity contribution < 1.29 is 4.79 Å². The van der Waals surface area contributed by atoms with Crippen LogP contribution in [-0.2, 0) is 0 Å². The van der Waals surface area contributed by atoms with Crippen LogP contribution < -0.4 is 0 Å². The summed E-state index contributed by atoms with van der Waals surface area (Å²) in [6, 6.07) is 14.3. The zero-order chi connectivity index (χ0) is 12.4. The molecule has 0 atom stereocenters. The smallest absolute Gasteiger partial charge is 0.160 e. The summed E-state index contributed by atoms with van der Waals surface area (Å²) < 4.78 is 0. The molecule has 1 nitrogen and oxygen atoms in total. The number of carbonyl (C=O) groups excluding carboxylic acids is 1. The lowest BCUT2D eigenvalue weighted by Crippen LogP contribution is -1.96. The Morgan fingerprint density at radius 2 is 1.65 bits per heavy atom. The van der Waals surface area contributed by atoms with Gasteiger partial charge in [-0.1, -0.05) is 42.5 Å². The summed E-state index contributed by atoms with van der Waals surface area (Å²) >= 11 is 0. The van der Waals surface area contributed by atoms with Crippen LogP contribution in [0.25, 0.3) is 11.1 Å². The molecule has 0 saturated heterocycles.